The van der Waals surface area contributed by atoms with Crippen LogP contribution in [-0.4, -0.2) is 59.0 Å². The molecule has 198 valence electrons. The Kier molecular flexibility index (Phi) is 7.63. The van der Waals surface area contributed by atoms with E-state index in [2.05, 4.69) is 5.32 Å². The van der Waals surface area contributed by atoms with Gasteiger partial charge in [-0.15, -0.1) is 11.3 Å². The maximum atomic E-state index is 13.9. The van der Waals surface area contributed by atoms with E-state index in [0.717, 1.165) is 16.0 Å². The number of benzene rings is 2. The van der Waals surface area contributed by atoms with Crippen molar-refractivity contribution in [1.82, 2.24) is 15.1 Å². The predicted octanol–water partition coefficient (Wildman–Crippen LogP) is 4.34. The van der Waals surface area contributed by atoms with Crippen molar-refractivity contribution < 1.29 is 19.1 Å². The van der Waals surface area contributed by atoms with Crippen LogP contribution in [0.1, 0.15) is 52.2 Å². The second-order valence-electron chi connectivity index (χ2n) is 10.1. The molecular weight excluding hydrogens is 498 g/mol. The molecule has 0 bridgehead atoms. The third-order valence-corrected chi connectivity index (χ3v) is 8.42. The second kappa shape index (κ2) is 11.1. The molecular formula is C30H33N3O4S. The second-order valence-corrected chi connectivity index (χ2v) is 11.1. The molecule has 2 aliphatic heterocycles. The first-order chi connectivity index (χ1) is 18.4. The third kappa shape index (κ3) is 5.37. The highest BCUT2D eigenvalue weighted by atomic mass is 32.1. The first-order valence-electron chi connectivity index (χ1n) is 13.1. The van der Waals surface area contributed by atoms with E-state index in [0.29, 0.717) is 37.9 Å². The number of likely N-dealkylation sites (tertiary alicyclic amines) is 1. The van der Waals surface area contributed by atoms with Gasteiger partial charge >= 0.3 is 0 Å². The monoisotopic (exact) mass is 531 g/mol. The average Bonchev–Trinajstić information content (AvgIpc) is 3.57. The molecule has 2 saturated heterocycles. The molecule has 8 heteroatoms. The molecule has 7 nitrogen and oxygen atoms in total. The predicted molar refractivity (Wildman–Crippen MR) is 147 cm³/mol. The van der Waals surface area contributed by atoms with Gasteiger partial charge in [-0.25, -0.2) is 0 Å². The number of hydrogen-bond donors (Lipinski definition) is 1. The van der Waals surface area contributed by atoms with E-state index in [-0.39, 0.29) is 30.4 Å². The molecule has 38 heavy (non-hydrogen) atoms. The van der Waals surface area contributed by atoms with Crippen LogP contribution >= 0.6 is 11.3 Å². The number of carbonyl (C=O) groups is 3. The van der Waals surface area contributed by atoms with Crippen molar-refractivity contribution in [2.45, 2.75) is 50.9 Å². The number of ether oxygens (including phenoxy) is 1. The summed E-state index contributed by atoms with van der Waals surface area (Å²) >= 11 is 1.57. The van der Waals surface area contributed by atoms with Gasteiger partial charge in [-0.2, -0.15) is 0 Å². The van der Waals surface area contributed by atoms with E-state index in [1.165, 1.54) is 0 Å². The van der Waals surface area contributed by atoms with Gasteiger partial charge < -0.3 is 15.0 Å². The molecule has 0 unspecified atom stereocenters. The zero-order valence-corrected chi connectivity index (χ0v) is 22.6. The lowest BCUT2D eigenvalue weighted by atomic mass is 9.96. The molecule has 3 amide bonds. The van der Waals surface area contributed by atoms with Gasteiger partial charge in [0.15, 0.2) is 0 Å². The van der Waals surface area contributed by atoms with Crippen molar-refractivity contribution >= 4 is 29.1 Å². The minimum atomic E-state index is -0.931. The number of nitrogens with one attached hydrogen (secondary N) is 1. The molecule has 5 rings (SSSR count). The Labute approximate surface area is 227 Å². The van der Waals surface area contributed by atoms with Crippen LogP contribution in [0.2, 0.25) is 0 Å². The van der Waals surface area contributed by atoms with E-state index < -0.39 is 11.8 Å². The summed E-state index contributed by atoms with van der Waals surface area (Å²) in [6.07, 6.45) is 1.29. The van der Waals surface area contributed by atoms with E-state index in [1.54, 1.807) is 28.4 Å². The molecule has 1 spiro atoms. The van der Waals surface area contributed by atoms with E-state index in [1.807, 2.05) is 78.7 Å². The zero-order valence-electron chi connectivity index (χ0n) is 21.8. The van der Waals surface area contributed by atoms with Gasteiger partial charge in [-0.1, -0.05) is 54.1 Å². The summed E-state index contributed by atoms with van der Waals surface area (Å²) in [5, 5.41) is 5.05. The largest absolute Gasteiger partial charge is 0.353 e. The fraction of sp³-hybridized carbons (Fsp3) is 0.367. The van der Waals surface area contributed by atoms with Crippen LogP contribution < -0.4 is 5.32 Å². The van der Waals surface area contributed by atoms with Gasteiger partial charge in [0.2, 0.25) is 11.8 Å². The SMILES string of the molecule is Cc1ccc(C(=O)N2[C@H](C(=O)N[C@@H](C)c3ccccc3)COC23CCN(C(=O)Cc2cccs2)CC3)cc1. The number of nitrogens with zero attached hydrogens (tertiary/aromatic N) is 2. The fourth-order valence-corrected chi connectivity index (χ4v) is 6.01. The molecule has 3 aromatic rings. The van der Waals surface area contributed by atoms with Crippen LogP contribution in [0.4, 0.5) is 0 Å². The maximum absolute atomic E-state index is 13.9. The Bertz CT molecular complexity index is 1270. The standard InChI is InChI=1S/C30H33N3O4S/c1-21-10-12-24(13-11-21)29(36)33-26(28(35)31-22(2)23-7-4-3-5-8-23)20-37-30(33)14-16-32(17-15-30)27(34)19-25-9-6-18-38-25/h3-13,18,22,26H,14-17,19-20H2,1-2H3,(H,31,35)/t22-,26-/m0/s1. The minimum Gasteiger partial charge on any atom is -0.353 e. The third-order valence-electron chi connectivity index (χ3n) is 7.54. The maximum Gasteiger partial charge on any atom is 0.256 e. The quantitative estimate of drug-likeness (QED) is 0.514. The lowest BCUT2D eigenvalue weighted by molar-refractivity contribution is -0.143. The normalized spacial score (nSPS) is 19.4. The van der Waals surface area contributed by atoms with Crippen molar-refractivity contribution in [1.29, 1.82) is 0 Å². The van der Waals surface area contributed by atoms with Gasteiger partial charge in [-0.05, 0) is 43.0 Å². The van der Waals surface area contributed by atoms with Crippen LogP contribution in [0.25, 0.3) is 0 Å². The van der Waals surface area contributed by atoms with Gasteiger partial charge in [0.05, 0.1) is 19.1 Å². The van der Waals surface area contributed by atoms with E-state index in [4.69, 9.17) is 4.74 Å². The van der Waals surface area contributed by atoms with E-state index in [9.17, 15) is 14.4 Å². The highest BCUT2D eigenvalue weighted by Gasteiger charge is 2.54. The molecule has 0 aliphatic carbocycles. The number of thiophene rings is 1. The summed E-state index contributed by atoms with van der Waals surface area (Å²) < 4.78 is 6.32. The van der Waals surface area contributed by atoms with Gasteiger partial charge in [0.1, 0.15) is 11.8 Å². The highest BCUT2D eigenvalue weighted by Crippen LogP contribution is 2.39. The van der Waals surface area contributed by atoms with Crippen molar-refractivity contribution in [3.05, 3.63) is 93.7 Å². The van der Waals surface area contributed by atoms with Crippen molar-refractivity contribution in [3.8, 4) is 0 Å². The molecule has 2 fully saturated rings. The molecule has 2 aromatic carbocycles. The molecule has 1 aromatic heterocycles. The number of carbonyl (C=O) groups excluding carboxylic acids is 3. The summed E-state index contributed by atoms with van der Waals surface area (Å²) in [6.45, 7) is 4.96. The zero-order chi connectivity index (χ0) is 26.7. The summed E-state index contributed by atoms with van der Waals surface area (Å²) in [4.78, 5) is 44.9. The Morgan fingerprint density at radius 3 is 2.39 bits per heavy atom. The van der Waals surface area contributed by atoms with E-state index >= 15 is 0 Å². The smallest absolute Gasteiger partial charge is 0.256 e. The van der Waals surface area contributed by atoms with Crippen LogP contribution in [0.3, 0.4) is 0 Å². The Hall–Kier alpha value is -3.49. The minimum absolute atomic E-state index is 0.0719. The fourth-order valence-electron chi connectivity index (χ4n) is 5.32. The van der Waals surface area contributed by atoms with Crippen molar-refractivity contribution in [2.24, 2.45) is 0 Å². The van der Waals surface area contributed by atoms with Crippen LogP contribution in [0.5, 0.6) is 0 Å². The molecule has 2 aliphatic rings. The summed E-state index contributed by atoms with van der Waals surface area (Å²) in [5.41, 5.74) is 1.63. The van der Waals surface area contributed by atoms with Crippen LogP contribution in [-0.2, 0) is 20.7 Å². The summed E-state index contributed by atoms with van der Waals surface area (Å²) in [7, 11) is 0. The van der Waals surface area contributed by atoms with Crippen LogP contribution in [0, 0.1) is 6.92 Å². The lowest BCUT2D eigenvalue weighted by Crippen LogP contribution is -2.60. The molecule has 1 N–H and O–H groups in total. The van der Waals surface area contributed by atoms with Crippen LogP contribution in [0.15, 0.2) is 72.1 Å². The summed E-state index contributed by atoms with van der Waals surface area (Å²) in [5.74, 6) is -0.397. The molecule has 3 heterocycles. The molecule has 2 atom stereocenters. The number of piperidine rings is 1. The lowest BCUT2D eigenvalue weighted by Gasteiger charge is -2.44. The number of hydrogen-bond acceptors (Lipinski definition) is 5. The van der Waals surface area contributed by atoms with Gasteiger partial charge in [-0.3, -0.25) is 19.3 Å². The number of rotatable bonds is 6. The van der Waals surface area contributed by atoms with Crippen molar-refractivity contribution in [2.75, 3.05) is 19.7 Å². The molecule has 0 radical (unpaired) electrons. The number of amides is 3. The highest BCUT2D eigenvalue weighted by molar-refractivity contribution is 7.10. The Balaban J connectivity index is 1.35. The Morgan fingerprint density at radius 1 is 1.03 bits per heavy atom. The van der Waals surface area contributed by atoms with Crippen molar-refractivity contribution in [3.63, 3.8) is 0 Å². The first-order valence-corrected chi connectivity index (χ1v) is 13.9. The first kappa shape index (κ1) is 26.1. The van der Waals surface area contributed by atoms with Gasteiger partial charge in [0.25, 0.3) is 5.91 Å². The average molecular weight is 532 g/mol. The van der Waals surface area contributed by atoms with Gasteiger partial charge in [0, 0.05) is 36.4 Å². The molecule has 0 saturated carbocycles. The Morgan fingerprint density at radius 2 is 1.74 bits per heavy atom. The summed E-state index contributed by atoms with van der Waals surface area (Å²) in [6, 6.07) is 20.1. The topological polar surface area (TPSA) is 79.0 Å². The number of aryl methyl sites for hydroxylation is 1.